The molecular weight excluding hydrogens is 330 g/mol. The Morgan fingerprint density at radius 3 is 2.67 bits per heavy atom. The summed E-state index contributed by atoms with van der Waals surface area (Å²) >= 11 is 3.49. The largest absolute Gasteiger partial charge is 0.496 e. The number of hydrogen-bond donors (Lipinski definition) is 0. The summed E-state index contributed by atoms with van der Waals surface area (Å²) in [6.45, 7) is 2.01. The minimum Gasteiger partial charge on any atom is -0.496 e. The first-order valence-corrected chi connectivity index (χ1v) is 7.34. The zero-order valence-corrected chi connectivity index (χ0v) is 13.3. The van der Waals surface area contributed by atoms with E-state index in [1.54, 1.807) is 7.11 Å². The number of halogens is 1. The van der Waals surface area contributed by atoms with E-state index < -0.39 is 0 Å². The molecule has 0 N–H and O–H groups in total. The average Bonchev–Trinajstić information content (AvgIpc) is 2.84. The number of methoxy groups -OCH3 is 1. The van der Waals surface area contributed by atoms with Crippen LogP contribution in [0.4, 0.5) is 0 Å². The van der Waals surface area contributed by atoms with Gasteiger partial charge < -0.3 is 9.14 Å². The van der Waals surface area contributed by atoms with Crippen molar-refractivity contribution in [3.63, 3.8) is 0 Å². The zero-order valence-electron chi connectivity index (χ0n) is 11.8. The maximum Gasteiger partial charge on any atom is 0.167 e. The number of ether oxygens (including phenoxy) is 1. The van der Waals surface area contributed by atoms with Gasteiger partial charge in [0.1, 0.15) is 5.75 Å². The quantitative estimate of drug-likeness (QED) is 0.655. The normalized spacial score (nSPS) is 10.8. The van der Waals surface area contributed by atoms with Gasteiger partial charge in [-0.3, -0.25) is 4.79 Å². The topological polar surface area (TPSA) is 30.7 Å². The lowest BCUT2D eigenvalue weighted by Crippen LogP contribution is -1.93. The van der Waals surface area contributed by atoms with E-state index in [0.717, 1.165) is 38.7 Å². The van der Waals surface area contributed by atoms with Gasteiger partial charge in [-0.15, -0.1) is 0 Å². The van der Waals surface area contributed by atoms with Gasteiger partial charge in [-0.05, 0) is 58.2 Å². The first-order chi connectivity index (χ1) is 10.1. The number of benzene rings is 1. The Bertz CT molecular complexity index is 836. The Morgan fingerprint density at radius 1 is 1.19 bits per heavy atom. The Labute approximate surface area is 131 Å². The molecule has 0 radical (unpaired) electrons. The molecule has 0 aliphatic rings. The standard InChI is InChI=1S/C17H14BrNO2/c1-11-3-5-13-8-14(16(10-20)19(13)9-11)12-4-6-17(21-2)15(18)7-12/h3-10H,1-2H3. The maximum absolute atomic E-state index is 11.5. The second-order valence-corrected chi connectivity index (χ2v) is 5.77. The van der Waals surface area contributed by atoms with Crippen molar-refractivity contribution in [2.24, 2.45) is 0 Å². The molecule has 4 heteroatoms. The molecule has 3 rings (SSSR count). The van der Waals surface area contributed by atoms with Crippen LogP contribution in [0.5, 0.6) is 5.75 Å². The molecular formula is C17H14BrNO2. The summed E-state index contributed by atoms with van der Waals surface area (Å²) in [6.07, 6.45) is 2.88. The van der Waals surface area contributed by atoms with E-state index in [-0.39, 0.29) is 0 Å². The molecule has 2 heterocycles. The number of aldehydes is 1. The molecule has 0 aliphatic heterocycles. The predicted molar refractivity (Wildman–Crippen MR) is 87.2 cm³/mol. The molecule has 106 valence electrons. The molecule has 1 aromatic carbocycles. The second kappa shape index (κ2) is 5.37. The Balaban J connectivity index is 2.24. The van der Waals surface area contributed by atoms with Gasteiger partial charge in [0.2, 0.25) is 0 Å². The van der Waals surface area contributed by atoms with Gasteiger partial charge >= 0.3 is 0 Å². The fourth-order valence-corrected chi connectivity index (χ4v) is 3.02. The van der Waals surface area contributed by atoms with Crippen LogP contribution < -0.4 is 4.74 Å². The van der Waals surface area contributed by atoms with Crippen molar-refractivity contribution in [2.75, 3.05) is 7.11 Å². The van der Waals surface area contributed by atoms with Crippen LogP contribution in [-0.4, -0.2) is 17.8 Å². The van der Waals surface area contributed by atoms with Crippen molar-refractivity contribution in [1.29, 1.82) is 0 Å². The molecule has 0 saturated heterocycles. The van der Waals surface area contributed by atoms with E-state index in [9.17, 15) is 4.79 Å². The third-order valence-corrected chi connectivity index (χ3v) is 4.15. The summed E-state index contributed by atoms with van der Waals surface area (Å²) < 4.78 is 8.04. The number of fused-ring (bicyclic) bond motifs is 1. The van der Waals surface area contributed by atoms with Crippen LogP contribution in [0.15, 0.2) is 47.1 Å². The van der Waals surface area contributed by atoms with Gasteiger partial charge in [0.25, 0.3) is 0 Å². The van der Waals surface area contributed by atoms with Crippen molar-refractivity contribution in [3.8, 4) is 16.9 Å². The van der Waals surface area contributed by atoms with Crippen LogP contribution in [0.2, 0.25) is 0 Å². The number of aromatic nitrogens is 1. The Hall–Kier alpha value is -2.07. The summed E-state index contributed by atoms with van der Waals surface area (Å²) in [6, 6.07) is 11.9. The van der Waals surface area contributed by atoms with Gasteiger partial charge in [-0.25, -0.2) is 0 Å². The predicted octanol–water partition coefficient (Wildman–Crippen LogP) is 4.50. The Morgan fingerprint density at radius 2 is 2.00 bits per heavy atom. The average molecular weight is 344 g/mol. The highest BCUT2D eigenvalue weighted by atomic mass is 79.9. The molecule has 0 fully saturated rings. The lowest BCUT2D eigenvalue weighted by atomic mass is 10.1. The first kappa shape index (κ1) is 13.9. The van der Waals surface area contributed by atoms with Crippen LogP contribution >= 0.6 is 15.9 Å². The monoisotopic (exact) mass is 343 g/mol. The van der Waals surface area contributed by atoms with Crippen molar-refractivity contribution in [2.45, 2.75) is 6.92 Å². The lowest BCUT2D eigenvalue weighted by Gasteiger charge is -2.06. The minimum absolute atomic E-state index is 0.658. The van der Waals surface area contributed by atoms with E-state index in [2.05, 4.69) is 15.9 Å². The molecule has 0 spiro atoms. The number of carbonyl (C=O) groups is 1. The number of rotatable bonds is 3. The third kappa shape index (κ3) is 2.36. The molecule has 0 unspecified atom stereocenters. The van der Waals surface area contributed by atoms with Crippen molar-refractivity contribution >= 4 is 27.7 Å². The summed E-state index contributed by atoms with van der Waals surface area (Å²) in [7, 11) is 1.63. The molecule has 0 bridgehead atoms. The summed E-state index contributed by atoms with van der Waals surface area (Å²) in [5.41, 5.74) is 4.67. The summed E-state index contributed by atoms with van der Waals surface area (Å²) in [4.78, 5) is 11.5. The van der Waals surface area contributed by atoms with Gasteiger partial charge in [-0.1, -0.05) is 12.1 Å². The molecule has 0 atom stereocenters. The van der Waals surface area contributed by atoms with E-state index in [4.69, 9.17) is 4.74 Å². The highest BCUT2D eigenvalue weighted by Crippen LogP contribution is 2.33. The molecule has 3 nitrogen and oxygen atoms in total. The van der Waals surface area contributed by atoms with Crippen LogP contribution in [0.1, 0.15) is 16.1 Å². The smallest absolute Gasteiger partial charge is 0.167 e. The molecule has 0 amide bonds. The minimum atomic E-state index is 0.658. The summed E-state index contributed by atoms with van der Waals surface area (Å²) in [5.74, 6) is 0.769. The van der Waals surface area contributed by atoms with E-state index in [1.165, 1.54) is 0 Å². The van der Waals surface area contributed by atoms with Crippen LogP contribution in [0.25, 0.3) is 16.6 Å². The van der Waals surface area contributed by atoms with Crippen molar-refractivity contribution in [3.05, 3.63) is 58.3 Å². The SMILES string of the molecule is COc1ccc(-c2cc3ccc(C)cn3c2C=O)cc1Br. The number of hydrogen-bond acceptors (Lipinski definition) is 2. The lowest BCUT2D eigenvalue weighted by molar-refractivity contribution is 0.111. The zero-order chi connectivity index (χ0) is 15.0. The van der Waals surface area contributed by atoms with Gasteiger partial charge in [-0.2, -0.15) is 0 Å². The second-order valence-electron chi connectivity index (χ2n) is 4.91. The van der Waals surface area contributed by atoms with Crippen molar-refractivity contribution < 1.29 is 9.53 Å². The summed E-state index contributed by atoms with van der Waals surface area (Å²) in [5, 5.41) is 0. The number of aryl methyl sites for hydroxylation is 1. The number of pyridine rings is 1. The third-order valence-electron chi connectivity index (χ3n) is 3.53. The number of carbonyl (C=O) groups excluding carboxylic acids is 1. The van der Waals surface area contributed by atoms with Crippen molar-refractivity contribution in [1.82, 2.24) is 4.40 Å². The fourth-order valence-electron chi connectivity index (χ4n) is 2.48. The molecule has 21 heavy (non-hydrogen) atoms. The van der Waals surface area contributed by atoms with E-state index in [1.807, 2.05) is 53.9 Å². The molecule has 2 aromatic heterocycles. The molecule has 0 saturated carbocycles. The maximum atomic E-state index is 11.5. The Kier molecular flexibility index (Phi) is 3.55. The first-order valence-electron chi connectivity index (χ1n) is 6.55. The highest BCUT2D eigenvalue weighted by molar-refractivity contribution is 9.10. The van der Waals surface area contributed by atoms with Crippen LogP contribution in [0, 0.1) is 6.92 Å². The highest BCUT2D eigenvalue weighted by Gasteiger charge is 2.13. The van der Waals surface area contributed by atoms with Gasteiger partial charge in [0.05, 0.1) is 17.3 Å². The van der Waals surface area contributed by atoms with E-state index >= 15 is 0 Å². The van der Waals surface area contributed by atoms with Gasteiger partial charge in [0.15, 0.2) is 6.29 Å². The number of nitrogens with zero attached hydrogens (tertiary/aromatic N) is 1. The van der Waals surface area contributed by atoms with Gasteiger partial charge in [0, 0.05) is 17.3 Å². The fraction of sp³-hybridized carbons (Fsp3) is 0.118. The van der Waals surface area contributed by atoms with Crippen LogP contribution in [-0.2, 0) is 0 Å². The molecule has 0 aliphatic carbocycles. The molecule has 3 aromatic rings. The van der Waals surface area contributed by atoms with E-state index in [0.29, 0.717) is 5.69 Å². The van der Waals surface area contributed by atoms with Crippen LogP contribution in [0.3, 0.4) is 0 Å².